The Hall–Kier alpha value is -2.12. The fourth-order valence-corrected chi connectivity index (χ4v) is 10.3. The van der Waals surface area contributed by atoms with Crippen molar-refractivity contribution < 1.29 is 49.3 Å². The molecule has 8 atom stereocenters. The molecule has 0 spiro atoms. The first-order valence-corrected chi connectivity index (χ1v) is 32.8. The van der Waals surface area contributed by atoms with E-state index in [0.29, 0.717) is 12.8 Å². The van der Waals surface area contributed by atoms with Gasteiger partial charge in [-0.25, -0.2) is 0 Å². The second kappa shape index (κ2) is 54.5. The van der Waals surface area contributed by atoms with Gasteiger partial charge in [0.1, 0.15) is 24.4 Å². The highest BCUT2D eigenvalue weighted by Crippen LogP contribution is 2.26. The summed E-state index contributed by atoms with van der Waals surface area (Å²) in [6.07, 6.45) is 54.8. The number of hydrogen-bond acceptors (Lipinski definition) is 10. The molecular formula is C66H123NO10. The number of aliphatic hydroxyl groups excluding tert-OH is 5. The standard InChI is InChI=1S/C66H123NO10/c1-4-7-10-13-16-19-22-25-26-27-28-29-30-31-32-33-34-36-39-42-45-48-51-54-61(71)77-64-63(73)62(72)60(55-68)76-66(64)75-56-57(58(69)52-49-46-43-40-38-35-23-20-17-14-11-8-5-2)67-65(74)59(70)53-50-47-44-41-37-24-21-18-15-12-9-6-3/h25-26,37,41,49,52,57-60,62-64,66,68-70,72-73H,4-24,27-36,38-40,42-48,50-51,53-56H2,1-3H3,(H,67,74)/b26-25+,41-37-,52-49+. The second-order valence-corrected chi connectivity index (χ2v) is 22.8. The molecule has 1 aliphatic rings. The highest BCUT2D eigenvalue weighted by molar-refractivity contribution is 5.80. The zero-order chi connectivity index (χ0) is 56.1. The number of rotatable bonds is 56. The van der Waals surface area contributed by atoms with Crippen LogP contribution >= 0.6 is 0 Å². The van der Waals surface area contributed by atoms with E-state index in [0.717, 1.165) is 57.8 Å². The maximum absolute atomic E-state index is 13.4. The third kappa shape index (κ3) is 42.4. The number of unbranched alkanes of at least 4 members (excludes halogenated alkanes) is 38. The van der Waals surface area contributed by atoms with Gasteiger partial charge < -0.3 is 45.1 Å². The summed E-state index contributed by atoms with van der Waals surface area (Å²) in [6, 6.07) is -1.03. The third-order valence-electron chi connectivity index (χ3n) is 15.5. The Kier molecular flexibility index (Phi) is 51.6. The first-order valence-electron chi connectivity index (χ1n) is 32.8. The Balaban J connectivity index is 2.60. The van der Waals surface area contributed by atoms with Crippen molar-refractivity contribution in [1.29, 1.82) is 0 Å². The molecule has 6 N–H and O–H groups in total. The van der Waals surface area contributed by atoms with Gasteiger partial charge in [-0.2, -0.15) is 0 Å². The highest BCUT2D eigenvalue weighted by Gasteiger charge is 2.47. The fourth-order valence-electron chi connectivity index (χ4n) is 10.3. The Bertz CT molecular complexity index is 1390. The maximum Gasteiger partial charge on any atom is 0.306 e. The van der Waals surface area contributed by atoms with E-state index < -0.39 is 67.4 Å². The lowest BCUT2D eigenvalue weighted by molar-refractivity contribution is -0.305. The van der Waals surface area contributed by atoms with E-state index >= 15 is 0 Å². The first-order chi connectivity index (χ1) is 37.7. The summed E-state index contributed by atoms with van der Waals surface area (Å²) in [6.45, 7) is 5.79. The number of allylic oxidation sites excluding steroid dienone is 5. The normalized spacial score (nSPS) is 19.2. The molecule has 0 radical (unpaired) electrons. The number of ether oxygens (including phenoxy) is 3. The summed E-state index contributed by atoms with van der Waals surface area (Å²) in [5.74, 6) is -1.20. The van der Waals surface area contributed by atoms with Gasteiger partial charge in [-0.3, -0.25) is 9.59 Å². The second-order valence-electron chi connectivity index (χ2n) is 22.8. The fraction of sp³-hybridized carbons (Fsp3) is 0.879. The van der Waals surface area contributed by atoms with E-state index in [-0.39, 0.29) is 19.4 Å². The van der Waals surface area contributed by atoms with Gasteiger partial charge in [-0.05, 0) is 77.0 Å². The predicted octanol–water partition coefficient (Wildman–Crippen LogP) is 15.8. The van der Waals surface area contributed by atoms with Crippen molar-refractivity contribution in [2.75, 3.05) is 13.2 Å². The molecule has 77 heavy (non-hydrogen) atoms. The minimum absolute atomic E-state index is 0.125. The quantitative estimate of drug-likeness (QED) is 0.0195. The summed E-state index contributed by atoms with van der Waals surface area (Å²) in [5.41, 5.74) is 0. The summed E-state index contributed by atoms with van der Waals surface area (Å²) in [5, 5.41) is 57.0. The maximum atomic E-state index is 13.4. The number of carbonyl (C=O) groups is 2. The van der Waals surface area contributed by atoms with E-state index in [2.05, 4.69) is 50.4 Å². The van der Waals surface area contributed by atoms with Crippen LogP contribution < -0.4 is 5.32 Å². The summed E-state index contributed by atoms with van der Waals surface area (Å²) >= 11 is 0. The minimum Gasteiger partial charge on any atom is -0.454 e. The molecule has 1 aliphatic heterocycles. The van der Waals surface area contributed by atoms with Crippen molar-refractivity contribution in [3.8, 4) is 0 Å². The van der Waals surface area contributed by atoms with Crippen LogP contribution in [-0.4, -0.2) is 99.6 Å². The van der Waals surface area contributed by atoms with Crippen LogP contribution in [0.15, 0.2) is 36.5 Å². The molecular weight excluding hydrogens is 967 g/mol. The molecule has 0 aromatic heterocycles. The van der Waals surface area contributed by atoms with Gasteiger partial charge in [0, 0.05) is 6.42 Å². The van der Waals surface area contributed by atoms with Crippen molar-refractivity contribution in [3.05, 3.63) is 36.5 Å². The van der Waals surface area contributed by atoms with Crippen LogP contribution in [0.25, 0.3) is 0 Å². The number of hydrogen-bond donors (Lipinski definition) is 6. The van der Waals surface area contributed by atoms with E-state index in [9.17, 15) is 35.1 Å². The van der Waals surface area contributed by atoms with Crippen LogP contribution in [0.3, 0.4) is 0 Å². The van der Waals surface area contributed by atoms with Crippen LogP contribution in [0.2, 0.25) is 0 Å². The monoisotopic (exact) mass is 1090 g/mol. The van der Waals surface area contributed by atoms with Crippen molar-refractivity contribution in [2.45, 2.75) is 359 Å². The molecule has 0 saturated carbocycles. The van der Waals surface area contributed by atoms with E-state index in [4.69, 9.17) is 14.2 Å². The van der Waals surface area contributed by atoms with E-state index in [1.54, 1.807) is 6.08 Å². The van der Waals surface area contributed by atoms with E-state index in [1.165, 1.54) is 205 Å². The Morgan fingerprint density at radius 2 is 0.857 bits per heavy atom. The number of aliphatic hydroxyl groups is 5. The smallest absolute Gasteiger partial charge is 0.306 e. The Morgan fingerprint density at radius 3 is 1.26 bits per heavy atom. The van der Waals surface area contributed by atoms with Crippen LogP contribution in [-0.2, 0) is 23.8 Å². The molecule has 0 aromatic carbocycles. The van der Waals surface area contributed by atoms with Crippen LogP contribution in [0.4, 0.5) is 0 Å². The highest BCUT2D eigenvalue weighted by atomic mass is 16.7. The third-order valence-corrected chi connectivity index (χ3v) is 15.5. The van der Waals surface area contributed by atoms with Crippen LogP contribution in [0.5, 0.6) is 0 Å². The number of carbonyl (C=O) groups excluding carboxylic acids is 2. The zero-order valence-corrected chi connectivity index (χ0v) is 50.1. The summed E-state index contributed by atoms with van der Waals surface area (Å²) < 4.78 is 17.6. The molecule has 11 heteroatoms. The van der Waals surface area contributed by atoms with Gasteiger partial charge in [0.25, 0.3) is 0 Å². The van der Waals surface area contributed by atoms with Gasteiger partial charge in [0.2, 0.25) is 5.91 Å². The summed E-state index contributed by atoms with van der Waals surface area (Å²) in [4.78, 5) is 26.5. The topological polar surface area (TPSA) is 175 Å². The lowest BCUT2D eigenvalue weighted by atomic mass is 9.99. The molecule has 1 fully saturated rings. The average molecular weight is 1090 g/mol. The van der Waals surface area contributed by atoms with Gasteiger partial charge >= 0.3 is 5.97 Å². The lowest BCUT2D eigenvalue weighted by Crippen LogP contribution is -2.61. The number of esters is 1. The Labute approximate surface area is 473 Å². The van der Waals surface area contributed by atoms with E-state index in [1.807, 2.05) is 6.08 Å². The van der Waals surface area contributed by atoms with Crippen LogP contribution in [0, 0.1) is 0 Å². The largest absolute Gasteiger partial charge is 0.454 e. The number of amides is 1. The lowest BCUT2D eigenvalue weighted by Gasteiger charge is -2.41. The molecule has 0 bridgehead atoms. The molecule has 0 aromatic rings. The molecule has 1 rings (SSSR count). The zero-order valence-electron chi connectivity index (χ0n) is 50.1. The summed E-state index contributed by atoms with van der Waals surface area (Å²) in [7, 11) is 0. The SMILES string of the molecule is CCCCCCCC/C=C\CCCCC(O)C(=O)NC(COC1OC(CO)C(O)C(O)C1OC(=O)CCCCCCCCCCCCCCC/C=C/CCCCCCCC)C(O)/C=C/CCCCCCCCCCCCC. The van der Waals surface area contributed by atoms with Gasteiger partial charge in [-0.1, -0.05) is 263 Å². The molecule has 1 amide bonds. The van der Waals surface area contributed by atoms with Crippen molar-refractivity contribution >= 4 is 11.9 Å². The predicted molar refractivity (Wildman–Crippen MR) is 320 cm³/mol. The molecule has 1 heterocycles. The molecule has 452 valence electrons. The van der Waals surface area contributed by atoms with Crippen molar-refractivity contribution in [2.24, 2.45) is 0 Å². The van der Waals surface area contributed by atoms with Crippen molar-refractivity contribution in [1.82, 2.24) is 5.32 Å². The number of nitrogens with one attached hydrogen (secondary N) is 1. The molecule has 1 saturated heterocycles. The molecule has 8 unspecified atom stereocenters. The first kappa shape index (κ1) is 72.9. The van der Waals surface area contributed by atoms with Gasteiger partial charge in [0.15, 0.2) is 12.4 Å². The van der Waals surface area contributed by atoms with Crippen molar-refractivity contribution in [3.63, 3.8) is 0 Å². The van der Waals surface area contributed by atoms with Gasteiger partial charge in [-0.15, -0.1) is 0 Å². The average Bonchev–Trinajstić information content (AvgIpc) is 3.43. The minimum atomic E-state index is -1.61. The Morgan fingerprint density at radius 1 is 0.494 bits per heavy atom. The molecule has 11 nitrogen and oxygen atoms in total. The van der Waals surface area contributed by atoms with Gasteiger partial charge in [0.05, 0.1) is 25.4 Å². The van der Waals surface area contributed by atoms with Crippen LogP contribution in [0.1, 0.15) is 310 Å². The molecule has 0 aliphatic carbocycles.